The summed E-state index contributed by atoms with van der Waals surface area (Å²) in [5, 5.41) is 5.01. The Labute approximate surface area is 151 Å². The van der Waals surface area contributed by atoms with Crippen LogP contribution in [0.25, 0.3) is 0 Å². The number of halogens is 4. The van der Waals surface area contributed by atoms with Crippen molar-refractivity contribution in [2.24, 2.45) is 0 Å². The summed E-state index contributed by atoms with van der Waals surface area (Å²) >= 11 is 0. The van der Waals surface area contributed by atoms with Crippen molar-refractivity contribution in [1.82, 2.24) is 4.98 Å². The van der Waals surface area contributed by atoms with Crippen molar-refractivity contribution >= 4 is 23.0 Å². The molecule has 4 nitrogen and oxygen atoms in total. The van der Waals surface area contributed by atoms with E-state index in [0.717, 1.165) is 6.07 Å². The van der Waals surface area contributed by atoms with E-state index in [1.807, 2.05) is 0 Å². The number of carbonyl (C=O) groups is 1. The second-order valence-electron chi connectivity index (χ2n) is 5.53. The van der Waals surface area contributed by atoms with Crippen LogP contribution in [-0.2, 0) is 6.18 Å². The molecular weight excluding hydrogens is 362 g/mol. The fourth-order valence-electron chi connectivity index (χ4n) is 2.35. The zero-order chi connectivity index (χ0) is 19.4. The summed E-state index contributed by atoms with van der Waals surface area (Å²) in [7, 11) is 0. The Morgan fingerprint density at radius 2 is 1.56 bits per heavy atom. The van der Waals surface area contributed by atoms with Gasteiger partial charge in [0.1, 0.15) is 11.5 Å². The van der Waals surface area contributed by atoms with Crippen LogP contribution in [0, 0.1) is 5.82 Å². The molecule has 0 spiro atoms. The lowest BCUT2D eigenvalue weighted by atomic mass is 10.1. The maximum absolute atomic E-state index is 13.6. The van der Waals surface area contributed by atoms with Crippen LogP contribution in [0.3, 0.4) is 0 Å². The summed E-state index contributed by atoms with van der Waals surface area (Å²) in [6.07, 6.45) is -3.28. The van der Waals surface area contributed by atoms with E-state index >= 15 is 0 Å². The Bertz CT molecular complexity index is 956. The summed E-state index contributed by atoms with van der Waals surface area (Å²) in [6.45, 7) is 0. The summed E-state index contributed by atoms with van der Waals surface area (Å²) in [4.78, 5) is 16.0. The molecule has 0 bridgehead atoms. The van der Waals surface area contributed by atoms with Gasteiger partial charge in [-0.05, 0) is 36.4 Å². The molecule has 1 heterocycles. The van der Waals surface area contributed by atoms with E-state index in [4.69, 9.17) is 0 Å². The van der Waals surface area contributed by atoms with E-state index in [1.54, 1.807) is 6.07 Å². The SMILES string of the molecule is O=C(Nc1ccccc1F)c1ccc(Nc2ccccc2C(F)(F)F)cn1. The number of nitrogens with one attached hydrogen (secondary N) is 2. The van der Waals surface area contributed by atoms with Gasteiger partial charge in [-0.2, -0.15) is 13.2 Å². The molecule has 2 aromatic carbocycles. The lowest BCUT2D eigenvalue weighted by Gasteiger charge is -2.14. The summed E-state index contributed by atoms with van der Waals surface area (Å²) in [5.74, 6) is -1.23. The van der Waals surface area contributed by atoms with Crippen molar-refractivity contribution < 1.29 is 22.4 Å². The number of benzene rings is 2. The van der Waals surface area contributed by atoms with Crippen LogP contribution < -0.4 is 10.6 Å². The number of hydrogen-bond donors (Lipinski definition) is 2. The third kappa shape index (κ3) is 4.41. The summed E-state index contributed by atoms with van der Waals surface area (Å²) in [6, 6.07) is 13.4. The Morgan fingerprint density at radius 3 is 2.19 bits per heavy atom. The predicted octanol–water partition coefficient (Wildman–Crippen LogP) is 5.24. The number of alkyl halides is 3. The van der Waals surface area contributed by atoms with E-state index in [-0.39, 0.29) is 22.8 Å². The van der Waals surface area contributed by atoms with Crippen LogP contribution in [0.1, 0.15) is 16.1 Å². The van der Waals surface area contributed by atoms with E-state index in [9.17, 15) is 22.4 Å². The number of pyridine rings is 1. The molecule has 0 aliphatic rings. The number of carbonyl (C=O) groups excluding carboxylic acids is 1. The zero-order valence-electron chi connectivity index (χ0n) is 13.7. The lowest BCUT2D eigenvalue weighted by Crippen LogP contribution is -2.14. The molecule has 2 N–H and O–H groups in total. The molecule has 0 fully saturated rings. The summed E-state index contributed by atoms with van der Waals surface area (Å²) < 4.78 is 52.6. The largest absolute Gasteiger partial charge is 0.418 e. The predicted molar refractivity (Wildman–Crippen MR) is 93.3 cm³/mol. The fourth-order valence-corrected chi connectivity index (χ4v) is 2.35. The van der Waals surface area contributed by atoms with E-state index in [2.05, 4.69) is 15.6 Å². The van der Waals surface area contributed by atoms with Gasteiger partial charge < -0.3 is 10.6 Å². The number of rotatable bonds is 4. The monoisotopic (exact) mass is 375 g/mol. The number of anilines is 3. The topological polar surface area (TPSA) is 54.0 Å². The lowest BCUT2D eigenvalue weighted by molar-refractivity contribution is -0.136. The van der Waals surface area contributed by atoms with Crippen molar-refractivity contribution in [3.63, 3.8) is 0 Å². The smallest absolute Gasteiger partial charge is 0.354 e. The Hall–Kier alpha value is -3.42. The van der Waals surface area contributed by atoms with Gasteiger partial charge >= 0.3 is 6.18 Å². The van der Waals surface area contributed by atoms with Gasteiger partial charge in [-0.15, -0.1) is 0 Å². The first-order chi connectivity index (χ1) is 12.8. The van der Waals surface area contributed by atoms with Gasteiger partial charge in [-0.25, -0.2) is 9.37 Å². The number of nitrogens with zero attached hydrogens (tertiary/aromatic N) is 1. The van der Waals surface area contributed by atoms with Gasteiger partial charge in [0, 0.05) is 0 Å². The first kappa shape index (κ1) is 18.4. The molecule has 3 aromatic rings. The van der Waals surface area contributed by atoms with Crippen LogP contribution in [-0.4, -0.2) is 10.9 Å². The average molecular weight is 375 g/mol. The minimum atomic E-state index is -4.50. The van der Waals surface area contributed by atoms with Crippen molar-refractivity contribution in [3.05, 3.63) is 83.9 Å². The number of aromatic nitrogens is 1. The molecule has 0 saturated carbocycles. The first-order valence-electron chi connectivity index (χ1n) is 7.80. The van der Waals surface area contributed by atoms with Crippen molar-refractivity contribution in [2.75, 3.05) is 10.6 Å². The van der Waals surface area contributed by atoms with E-state index < -0.39 is 23.5 Å². The number of amides is 1. The molecule has 0 aliphatic heterocycles. The van der Waals surface area contributed by atoms with Crippen LogP contribution >= 0.6 is 0 Å². The Kier molecular flexibility index (Phi) is 5.07. The molecular formula is C19H13F4N3O. The van der Waals surface area contributed by atoms with Gasteiger partial charge in [0.25, 0.3) is 5.91 Å². The minimum Gasteiger partial charge on any atom is -0.354 e. The quantitative estimate of drug-likeness (QED) is 0.614. The molecule has 0 aliphatic carbocycles. The standard InChI is InChI=1S/C19H13F4N3O/c20-14-6-2-4-8-16(14)26-18(27)17-10-9-12(11-24-17)25-15-7-3-1-5-13(15)19(21,22)23/h1-11,25H,(H,26,27). The van der Waals surface area contributed by atoms with Crippen LogP contribution in [0.5, 0.6) is 0 Å². The average Bonchev–Trinajstić information content (AvgIpc) is 2.64. The van der Waals surface area contributed by atoms with Crippen molar-refractivity contribution in [2.45, 2.75) is 6.18 Å². The second-order valence-corrected chi connectivity index (χ2v) is 5.53. The van der Waals surface area contributed by atoms with Crippen LogP contribution in [0.15, 0.2) is 66.9 Å². The molecule has 27 heavy (non-hydrogen) atoms. The molecule has 0 unspecified atom stereocenters. The van der Waals surface area contributed by atoms with Crippen LogP contribution in [0.4, 0.5) is 34.6 Å². The van der Waals surface area contributed by atoms with Crippen molar-refractivity contribution in [1.29, 1.82) is 0 Å². The van der Waals surface area contributed by atoms with Gasteiger partial charge in [0.2, 0.25) is 0 Å². The third-order valence-corrected chi connectivity index (χ3v) is 3.63. The highest BCUT2D eigenvalue weighted by Crippen LogP contribution is 2.35. The first-order valence-corrected chi connectivity index (χ1v) is 7.80. The molecule has 1 amide bonds. The highest BCUT2D eigenvalue weighted by molar-refractivity contribution is 6.03. The molecule has 138 valence electrons. The Balaban J connectivity index is 1.75. The normalized spacial score (nSPS) is 11.1. The molecule has 0 atom stereocenters. The molecule has 0 radical (unpaired) electrons. The van der Waals surface area contributed by atoms with E-state index in [1.165, 1.54) is 54.7 Å². The van der Waals surface area contributed by atoms with Gasteiger partial charge in [-0.1, -0.05) is 24.3 Å². The molecule has 8 heteroatoms. The zero-order valence-corrected chi connectivity index (χ0v) is 13.7. The van der Waals surface area contributed by atoms with Gasteiger partial charge in [-0.3, -0.25) is 4.79 Å². The second kappa shape index (κ2) is 7.45. The number of hydrogen-bond acceptors (Lipinski definition) is 3. The van der Waals surface area contributed by atoms with Gasteiger partial charge in [0.15, 0.2) is 0 Å². The highest BCUT2D eigenvalue weighted by Gasteiger charge is 2.33. The number of para-hydroxylation sites is 2. The molecule has 1 aromatic heterocycles. The Morgan fingerprint density at radius 1 is 0.889 bits per heavy atom. The minimum absolute atomic E-state index is 0.00519. The fraction of sp³-hybridized carbons (Fsp3) is 0.0526. The third-order valence-electron chi connectivity index (χ3n) is 3.63. The summed E-state index contributed by atoms with van der Waals surface area (Å²) in [5.41, 5.74) is -0.672. The van der Waals surface area contributed by atoms with Crippen molar-refractivity contribution in [3.8, 4) is 0 Å². The van der Waals surface area contributed by atoms with Gasteiger partial charge in [0.05, 0.1) is 28.8 Å². The van der Waals surface area contributed by atoms with Crippen LogP contribution in [0.2, 0.25) is 0 Å². The maximum atomic E-state index is 13.6. The highest BCUT2D eigenvalue weighted by atomic mass is 19.4. The van der Waals surface area contributed by atoms with E-state index in [0.29, 0.717) is 0 Å². The molecule has 3 rings (SSSR count). The maximum Gasteiger partial charge on any atom is 0.418 e. The molecule has 0 saturated heterocycles.